The maximum absolute atomic E-state index is 6.47. The molecule has 0 fully saturated rings. The zero-order valence-corrected chi connectivity index (χ0v) is 26.1. The first-order chi connectivity index (χ1) is 23.8. The van der Waals surface area contributed by atoms with Crippen molar-refractivity contribution in [2.24, 2.45) is 0 Å². The van der Waals surface area contributed by atoms with E-state index in [1.54, 1.807) is 0 Å². The fraction of sp³-hybridized carbons (Fsp3) is 0. The van der Waals surface area contributed by atoms with Gasteiger partial charge in [0, 0.05) is 27.2 Å². The van der Waals surface area contributed by atoms with Crippen LogP contribution in [0.15, 0.2) is 180 Å². The third-order valence-electron chi connectivity index (χ3n) is 9.74. The second-order valence-corrected chi connectivity index (χ2v) is 12.6. The maximum Gasteiger partial charge on any atom is 0.136 e. The van der Waals surface area contributed by atoms with Gasteiger partial charge in [-0.2, -0.15) is 0 Å². The van der Waals surface area contributed by atoms with E-state index in [1.807, 2.05) is 0 Å². The Morgan fingerprint density at radius 2 is 0.833 bits per heavy atom. The zero-order valence-electron chi connectivity index (χ0n) is 26.1. The highest BCUT2D eigenvalue weighted by molar-refractivity contribution is 6.18. The van der Waals surface area contributed by atoms with E-state index in [2.05, 4.69) is 180 Å². The summed E-state index contributed by atoms with van der Waals surface area (Å²) in [6.07, 6.45) is 0. The van der Waals surface area contributed by atoms with Crippen molar-refractivity contribution in [3.63, 3.8) is 0 Å². The molecule has 0 N–H and O–H groups in total. The average molecular weight is 612 g/mol. The van der Waals surface area contributed by atoms with E-state index in [1.165, 1.54) is 66.0 Å². The highest BCUT2D eigenvalue weighted by atomic mass is 16.3. The van der Waals surface area contributed by atoms with Crippen molar-refractivity contribution in [1.82, 2.24) is 4.57 Å². The van der Waals surface area contributed by atoms with Crippen LogP contribution in [0.3, 0.4) is 0 Å². The lowest BCUT2D eigenvalue weighted by Crippen LogP contribution is -1.94. The number of aromatic nitrogens is 1. The zero-order chi connectivity index (χ0) is 31.6. The predicted octanol–water partition coefficient (Wildman–Crippen LogP) is 12.8. The van der Waals surface area contributed by atoms with E-state index in [-0.39, 0.29) is 0 Å². The third-order valence-corrected chi connectivity index (χ3v) is 9.74. The van der Waals surface area contributed by atoms with E-state index in [9.17, 15) is 0 Å². The monoisotopic (exact) mass is 611 g/mol. The first kappa shape index (κ1) is 26.8. The number of fused-ring (bicyclic) bond motifs is 7. The smallest absolute Gasteiger partial charge is 0.136 e. The summed E-state index contributed by atoms with van der Waals surface area (Å²) in [6, 6.07) is 63.3. The van der Waals surface area contributed by atoms with E-state index in [0.717, 1.165) is 27.6 Å². The highest BCUT2D eigenvalue weighted by Crippen LogP contribution is 2.40. The van der Waals surface area contributed by atoms with E-state index >= 15 is 0 Å². The van der Waals surface area contributed by atoms with Crippen molar-refractivity contribution in [3.8, 4) is 39.1 Å². The largest absolute Gasteiger partial charge is 0.456 e. The number of nitrogens with zero attached hydrogens (tertiary/aromatic N) is 1. The third kappa shape index (κ3) is 4.27. The molecule has 0 unspecified atom stereocenters. The standard InChI is InChI=1S/C46H29NO/c1-3-11-30(12-4-1)35-23-36(31-13-5-2-6-14-31)25-37(24-35)32-19-21-38(22-20-32)47-43-18-10-9-17-39(43)40-29-46-42(28-44(40)47)41-26-33-15-7-8-16-34(33)27-45(41)48-46/h1-29H. The van der Waals surface area contributed by atoms with Crippen LogP contribution in [0.4, 0.5) is 0 Å². The second kappa shape index (κ2) is 10.6. The Labute approximate surface area is 277 Å². The molecule has 0 atom stereocenters. The Morgan fingerprint density at radius 3 is 1.50 bits per heavy atom. The number of furan rings is 1. The summed E-state index contributed by atoms with van der Waals surface area (Å²) < 4.78 is 8.86. The lowest BCUT2D eigenvalue weighted by molar-refractivity contribution is 0.670. The average Bonchev–Trinajstić information content (AvgIpc) is 3.67. The summed E-state index contributed by atoms with van der Waals surface area (Å²) in [5, 5.41) is 7.09. The van der Waals surface area contributed by atoms with Crippen LogP contribution in [0.5, 0.6) is 0 Å². The molecule has 0 radical (unpaired) electrons. The summed E-state index contributed by atoms with van der Waals surface area (Å²) in [6.45, 7) is 0. The van der Waals surface area contributed by atoms with Crippen LogP contribution in [-0.2, 0) is 0 Å². The number of hydrogen-bond donors (Lipinski definition) is 0. The second-order valence-electron chi connectivity index (χ2n) is 12.6. The molecule has 0 spiro atoms. The molecule has 0 aliphatic carbocycles. The Hall–Kier alpha value is -6.38. The van der Waals surface area contributed by atoms with Gasteiger partial charge >= 0.3 is 0 Å². The van der Waals surface area contributed by atoms with Crippen molar-refractivity contribution in [1.29, 1.82) is 0 Å². The van der Waals surface area contributed by atoms with Crippen molar-refractivity contribution in [2.75, 3.05) is 0 Å². The molecule has 48 heavy (non-hydrogen) atoms. The van der Waals surface area contributed by atoms with Gasteiger partial charge in [0.05, 0.1) is 11.0 Å². The summed E-state index contributed by atoms with van der Waals surface area (Å²) in [5.74, 6) is 0. The maximum atomic E-state index is 6.47. The van der Waals surface area contributed by atoms with Crippen LogP contribution < -0.4 is 0 Å². The molecule has 2 aromatic heterocycles. The van der Waals surface area contributed by atoms with Crippen molar-refractivity contribution in [2.45, 2.75) is 0 Å². The molecule has 0 saturated carbocycles. The van der Waals surface area contributed by atoms with Crippen LogP contribution in [0.1, 0.15) is 0 Å². The first-order valence-electron chi connectivity index (χ1n) is 16.4. The number of benzene rings is 8. The minimum Gasteiger partial charge on any atom is -0.456 e. The SMILES string of the molecule is c1ccc(-c2cc(-c3ccccc3)cc(-c3ccc(-n4c5ccccc5c5cc6oc7cc8ccccc8cc7c6cc54)cc3)c2)cc1. The Balaban J connectivity index is 1.14. The van der Waals surface area contributed by atoms with Crippen molar-refractivity contribution < 1.29 is 4.42 Å². The summed E-state index contributed by atoms with van der Waals surface area (Å²) in [5.41, 5.74) is 12.5. The van der Waals surface area contributed by atoms with E-state index < -0.39 is 0 Å². The van der Waals surface area contributed by atoms with Gasteiger partial charge in [-0.25, -0.2) is 0 Å². The molecule has 0 aliphatic heterocycles. The minimum atomic E-state index is 0.915. The first-order valence-corrected chi connectivity index (χ1v) is 16.4. The molecular formula is C46H29NO. The molecule has 2 nitrogen and oxygen atoms in total. The highest BCUT2D eigenvalue weighted by Gasteiger charge is 2.17. The summed E-state index contributed by atoms with van der Waals surface area (Å²) in [7, 11) is 0. The Kier molecular flexibility index (Phi) is 5.91. The van der Waals surface area contributed by atoms with Gasteiger partial charge in [0.2, 0.25) is 0 Å². The minimum absolute atomic E-state index is 0.915. The van der Waals surface area contributed by atoms with E-state index in [0.29, 0.717) is 0 Å². The van der Waals surface area contributed by atoms with Gasteiger partial charge in [-0.05, 0) is 105 Å². The summed E-state index contributed by atoms with van der Waals surface area (Å²) >= 11 is 0. The van der Waals surface area contributed by atoms with Gasteiger partial charge in [0.1, 0.15) is 11.2 Å². The molecule has 10 rings (SSSR count). The summed E-state index contributed by atoms with van der Waals surface area (Å²) in [4.78, 5) is 0. The fourth-order valence-electron chi connectivity index (χ4n) is 7.39. The van der Waals surface area contributed by atoms with Crippen molar-refractivity contribution >= 4 is 54.5 Å². The molecule has 0 bridgehead atoms. The van der Waals surface area contributed by atoms with Gasteiger partial charge in [0.15, 0.2) is 0 Å². The molecule has 8 aromatic carbocycles. The number of rotatable bonds is 4. The Bertz CT molecular complexity index is 2750. The fourth-order valence-corrected chi connectivity index (χ4v) is 7.39. The lowest BCUT2D eigenvalue weighted by atomic mass is 9.93. The molecule has 0 saturated heterocycles. The van der Waals surface area contributed by atoms with Crippen LogP contribution in [0, 0.1) is 0 Å². The van der Waals surface area contributed by atoms with Crippen LogP contribution in [0.2, 0.25) is 0 Å². The van der Waals surface area contributed by atoms with Crippen molar-refractivity contribution in [3.05, 3.63) is 176 Å². The van der Waals surface area contributed by atoms with E-state index in [4.69, 9.17) is 4.42 Å². The molecule has 0 amide bonds. The molecule has 0 aliphatic rings. The molecule has 2 heteroatoms. The normalized spacial score (nSPS) is 11.8. The Morgan fingerprint density at radius 1 is 0.312 bits per heavy atom. The predicted molar refractivity (Wildman–Crippen MR) is 202 cm³/mol. The number of para-hydroxylation sites is 1. The van der Waals surface area contributed by atoms with Gasteiger partial charge in [-0.3, -0.25) is 0 Å². The van der Waals surface area contributed by atoms with Gasteiger partial charge in [-0.1, -0.05) is 115 Å². The molecule has 224 valence electrons. The van der Waals surface area contributed by atoms with Crippen LogP contribution >= 0.6 is 0 Å². The topological polar surface area (TPSA) is 18.1 Å². The van der Waals surface area contributed by atoms with Gasteiger partial charge in [0.25, 0.3) is 0 Å². The molecular weight excluding hydrogens is 583 g/mol. The number of hydrogen-bond acceptors (Lipinski definition) is 1. The van der Waals surface area contributed by atoms with Crippen LogP contribution in [0.25, 0.3) is 93.6 Å². The van der Waals surface area contributed by atoms with Crippen LogP contribution in [-0.4, -0.2) is 4.57 Å². The molecule has 2 heterocycles. The van der Waals surface area contributed by atoms with Gasteiger partial charge < -0.3 is 8.98 Å². The van der Waals surface area contributed by atoms with Gasteiger partial charge in [-0.15, -0.1) is 0 Å². The lowest BCUT2D eigenvalue weighted by Gasteiger charge is -2.13. The molecule has 10 aromatic rings. The quantitative estimate of drug-likeness (QED) is 0.194.